The summed E-state index contributed by atoms with van der Waals surface area (Å²) in [5, 5.41) is 14.7. The first kappa shape index (κ1) is 16.3. The van der Waals surface area contributed by atoms with Crippen molar-refractivity contribution in [2.45, 2.75) is 64.9 Å². The zero-order chi connectivity index (χ0) is 17.2. The van der Waals surface area contributed by atoms with Gasteiger partial charge in [0.25, 0.3) is 0 Å². The summed E-state index contributed by atoms with van der Waals surface area (Å²) in [6.07, 6.45) is 13.3. The summed E-state index contributed by atoms with van der Waals surface area (Å²) in [6.45, 7) is 5.08. The molecule has 1 heterocycles. The lowest BCUT2D eigenvalue weighted by atomic mass is 9.46. The molecule has 2 fully saturated rings. The van der Waals surface area contributed by atoms with Crippen LogP contribution in [-0.2, 0) is 0 Å². The highest BCUT2D eigenvalue weighted by Crippen LogP contribution is 2.66. The lowest BCUT2D eigenvalue weighted by molar-refractivity contribution is -0.0281. The van der Waals surface area contributed by atoms with Gasteiger partial charge in [0.1, 0.15) is 0 Å². The Morgan fingerprint density at radius 3 is 2.72 bits per heavy atom. The summed E-state index contributed by atoms with van der Waals surface area (Å²) in [7, 11) is 0. The molecule has 4 aliphatic carbocycles. The van der Waals surface area contributed by atoms with Crippen LogP contribution in [0.4, 0.5) is 0 Å². The van der Waals surface area contributed by atoms with Gasteiger partial charge in [-0.2, -0.15) is 11.3 Å². The van der Waals surface area contributed by atoms with Gasteiger partial charge >= 0.3 is 0 Å². The Bertz CT molecular complexity index is 729. The van der Waals surface area contributed by atoms with Crippen molar-refractivity contribution in [3.8, 4) is 0 Å². The zero-order valence-corrected chi connectivity index (χ0v) is 16.3. The molecule has 0 spiro atoms. The summed E-state index contributed by atoms with van der Waals surface area (Å²) in [4.78, 5) is 0. The topological polar surface area (TPSA) is 20.2 Å². The molecule has 4 aliphatic rings. The van der Waals surface area contributed by atoms with Crippen molar-refractivity contribution in [2.24, 2.45) is 28.6 Å². The first-order valence-corrected chi connectivity index (χ1v) is 11.1. The number of aliphatic hydroxyl groups is 1. The lowest BCUT2D eigenvalue weighted by Gasteiger charge is -2.58. The Kier molecular flexibility index (Phi) is 3.63. The average molecular weight is 355 g/mol. The lowest BCUT2D eigenvalue weighted by Crippen LogP contribution is -2.50. The Morgan fingerprint density at radius 2 is 1.92 bits per heavy atom. The van der Waals surface area contributed by atoms with Crippen molar-refractivity contribution in [2.75, 3.05) is 0 Å². The summed E-state index contributed by atoms with van der Waals surface area (Å²) < 4.78 is 0. The number of rotatable bonds is 1. The number of fused-ring (bicyclic) bond motifs is 5. The van der Waals surface area contributed by atoms with Gasteiger partial charge in [0.15, 0.2) is 0 Å². The second kappa shape index (κ2) is 5.57. The van der Waals surface area contributed by atoms with E-state index in [1.807, 2.05) is 11.3 Å². The number of thiophene rings is 1. The van der Waals surface area contributed by atoms with Crippen molar-refractivity contribution >= 4 is 16.9 Å². The summed E-state index contributed by atoms with van der Waals surface area (Å²) in [6, 6.07) is 2.32. The molecular weight excluding hydrogens is 324 g/mol. The molecule has 0 amide bonds. The summed E-state index contributed by atoms with van der Waals surface area (Å²) >= 11 is 1.83. The van der Waals surface area contributed by atoms with Crippen LogP contribution in [0.5, 0.6) is 0 Å². The second-order valence-corrected chi connectivity index (χ2v) is 10.2. The molecule has 1 N–H and O–H groups in total. The average Bonchev–Trinajstić information content (AvgIpc) is 3.22. The van der Waals surface area contributed by atoms with Crippen molar-refractivity contribution < 1.29 is 5.11 Å². The van der Waals surface area contributed by atoms with Crippen molar-refractivity contribution in [1.82, 2.24) is 0 Å². The molecule has 25 heavy (non-hydrogen) atoms. The minimum absolute atomic E-state index is 0.188. The number of aliphatic hydroxyl groups excluding tert-OH is 1. The standard InChI is InChI=1S/C23H30OS/c1-22-10-7-17(24)13-16(22)3-4-18-20-6-5-19(15-9-12-25-14-15)23(20,2)11-8-21(18)22/h5,9,12-14,17-18,20-21,24H,3-4,6-8,10-11H2,1-2H3/t17-,18-,20-,21-,22-,23+/m0/s1. The fourth-order valence-electron chi connectivity index (χ4n) is 7.14. The first-order chi connectivity index (χ1) is 12.0. The van der Waals surface area contributed by atoms with Crippen molar-refractivity contribution in [1.29, 1.82) is 0 Å². The predicted octanol–water partition coefficient (Wildman–Crippen LogP) is 6.07. The molecule has 0 aromatic carbocycles. The fourth-order valence-corrected chi connectivity index (χ4v) is 7.80. The third-order valence-electron chi connectivity index (χ3n) is 8.50. The number of hydrogen-bond donors (Lipinski definition) is 1. The smallest absolute Gasteiger partial charge is 0.0724 e. The largest absolute Gasteiger partial charge is 0.389 e. The Balaban J connectivity index is 1.48. The molecule has 0 aliphatic heterocycles. The SMILES string of the molecule is C[C@]12CC[C@H](O)C=C1CC[C@@H]1[C@@H]2CC[C@]2(C)C(c3ccsc3)=CC[C@@H]12. The van der Waals surface area contributed by atoms with Gasteiger partial charge in [-0.05, 0) is 101 Å². The van der Waals surface area contributed by atoms with E-state index in [-0.39, 0.29) is 6.10 Å². The molecule has 0 unspecified atom stereocenters. The van der Waals surface area contributed by atoms with Crippen LogP contribution in [0.3, 0.4) is 0 Å². The molecule has 0 saturated heterocycles. The Labute approximate surface area is 155 Å². The van der Waals surface area contributed by atoms with E-state index in [0.717, 1.165) is 24.2 Å². The molecule has 2 heteroatoms. The van der Waals surface area contributed by atoms with Gasteiger partial charge in [-0.1, -0.05) is 31.6 Å². The van der Waals surface area contributed by atoms with Gasteiger partial charge in [0.2, 0.25) is 0 Å². The van der Waals surface area contributed by atoms with E-state index in [4.69, 9.17) is 0 Å². The minimum Gasteiger partial charge on any atom is -0.389 e. The van der Waals surface area contributed by atoms with E-state index in [1.165, 1.54) is 44.1 Å². The molecule has 6 atom stereocenters. The maximum atomic E-state index is 10.1. The third-order valence-corrected chi connectivity index (χ3v) is 9.19. The van der Waals surface area contributed by atoms with Gasteiger partial charge in [-0.15, -0.1) is 0 Å². The third kappa shape index (κ3) is 2.23. The van der Waals surface area contributed by atoms with Crippen LogP contribution >= 0.6 is 11.3 Å². The molecule has 1 aromatic rings. The molecule has 0 bridgehead atoms. The molecular formula is C23H30OS. The Morgan fingerprint density at radius 1 is 1.08 bits per heavy atom. The van der Waals surface area contributed by atoms with Crippen molar-refractivity contribution in [3.05, 3.63) is 40.1 Å². The van der Waals surface area contributed by atoms with E-state index in [2.05, 4.69) is 42.8 Å². The number of hydrogen-bond acceptors (Lipinski definition) is 2. The molecule has 2 saturated carbocycles. The van der Waals surface area contributed by atoms with Crippen LogP contribution in [0.15, 0.2) is 34.6 Å². The predicted molar refractivity (Wildman–Crippen MR) is 105 cm³/mol. The maximum absolute atomic E-state index is 10.1. The van der Waals surface area contributed by atoms with E-state index in [9.17, 15) is 5.11 Å². The van der Waals surface area contributed by atoms with Crippen LogP contribution in [0.2, 0.25) is 0 Å². The molecule has 0 radical (unpaired) electrons. The van der Waals surface area contributed by atoms with Gasteiger partial charge in [-0.25, -0.2) is 0 Å². The van der Waals surface area contributed by atoms with E-state index >= 15 is 0 Å². The zero-order valence-electron chi connectivity index (χ0n) is 15.5. The van der Waals surface area contributed by atoms with Gasteiger partial charge < -0.3 is 5.11 Å². The monoisotopic (exact) mass is 354 g/mol. The maximum Gasteiger partial charge on any atom is 0.0724 e. The highest BCUT2D eigenvalue weighted by Gasteiger charge is 2.57. The van der Waals surface area contributed by atoms with E-state index < -0.39 is 0 Å². The highest BCUT2D eigenvalue weighted by atomic mass is 32.1. The number of allylic oxidation sites excluding steroid dienone is 3. The minimum atomic E-state index is -0.188. The quantitative estimate of drug-likeness (QED) is 0.607. The van der Waals surface area contributed by atoms with Gasteiger partial charge in [0.05, 0.1) is 6.10 Å². The molecule has 5 rings (SSSR count). The first-order valence-electron chi connectivity index (χ1n) is 10.1. The molecule has 1 aromatic heterocycles. The van der Waals surface area contributed by atoms with Crippen LogP contribution in [-0.4, -0.2) is 11.2 Å². The normalized spacial score (nSPS) is 45.9. The van der Waals surface area contributed by atoms with Crippen molar-refractivity contribution in [3.63, 3.8) is 0 Å². The highest BCUT2D eigenvalue weighted by molar-refractivity contribution is 7.08. The molecule has 1 nitrogen and oxygen atoms in total. The Hall–Kier alpha value is -0.860. The summed E-state index contributed by atoms with van der Waals surface area (Å²) in [5.74, 6) is 2.52. The van der Waals surface area contributed by atoms with Gasteiger partial charge in [-0.3, -0.25) is 0 Å². The van der Waals surface area contributed by atoms with Gasteiger partial charge in [0, 0.05) is 0 Å². The van der Waals surface area contributed by atoms with Crippen LogP contribution < -0.4 is 0 Å². The van der Waals surface area contributed by atoms with E-state index in [0.29, 0.717) is 10.8 Å². The van der Waals surface area contributed by atoms with Crippen LogP contribution in [0.25, 0.3) is 5.57 Å². The summed E-state index contributed by atoms with van der Waals surface area (Å²) in [5.41, 5.74) is 5.45. The van der Waals surface area contributed by atoms with Crippen LogP contribution in [0.1, 0.15) is 64.4 Å². The second-order valence-electron chi connectivity index (χ2n) is 9.45. The van der Waals surface area contributed by atoms with Crippen LogP contribution in [0, 0.1) is 28.6 Å². The molecule has 134 valence electrons. The fraction of sp³-hybridized carbons (Fsp3) is 0.652. The van der Waals surface area contributed by atoms with E-state index in [1.54, 1.807) is 11.1 Å².